The average molecular weight is 249 g/mol. The van der Waals surface area contributed by atoms with Gasteiger partial charge in [0.25, 0.3) is 0 Å². The summed E-state index contributed by atoms with van der Waals surface area (Å²) in [4.78, 5) is 1.20. The zero-order valence-corrected chi connectivity index (χ0v) is 10.7. The SMILES string of the molecule is COc1cc(-c2cccs2)cc(CN)c1OC. The fourth-order valence-corrected chi connectivity index (χ4v) is 2.49. The Hall–Kier alpha value is -1.52. The van der Waals surface area contributed by atoms with Crippen molar-refractivity contribution in [2.45, 2.75) is 6.54 Å². The van der Waals surface area contributed by atoms with E-state index in [9.17, 15) is 0 Å². The molecule has 1 aromatic heterocycles. The predicted octanol–water partition coefficient (Wildman–Crippen LogP) is 2.89. The molecule has 0 spiro atoms. The normalized spacial score (nSPS) is 10.3. The quantitative estimate of drug-likeness (QED) is 0.906. The zero-order chi connectivity index (χ0) is 12.3. The molecule has 90 valence electrons. The average Bonchev–Trinajstić information content (AvgIpc) is 2.90. The minimum Gasteiger partial charge on any atom is -0.493 e. The molecule has 0 unspecified atom stereocenters. The first-order valence-electron chi connectivity index (χ1n) is 5.29. The van der Waals surface area contributed by atoms with Crippen LogP contribution >= 0.6 is 11.3 Å². The molecular weight excluding hydrogens is 234 g/mol. The van der Waals surface area contributed by atoms with Crippen LogP contribution in [0.3, 0.4) is 0 Å². The summed E-state index contributed by atoms with van der Waals surface area (Å²) in [5.41, 5.74) is 7.80. The highest BCUT2D eigenvalue weighted by Gasteiger charge is 2.12. The first kappa shape index (κ1) is 12.0. The van der Waals surface area contributed by atoms with E-state index < -0.39 is 0 Å². The molecule has 2 aromatic rings. The molecule has 0 radical (unpaired) electrons. The van der Waals surface area contributed by atoms with Crippen LogP contribution in [0.2, 0.25) is 0 Å². The number of nitrogens with two attached hydrogens (primary N) is 1. The van der Waals surface area contributed by atoms with Crippen LogP contribution in [0.1, 0.15) is 5.56 Å². The Morgan fingerprint density at radius 2 is 2.06 bits per heavy atom. The molecule has 0 aliphatic heterocycles. The molecule has 0 aliphatic rings. The highest BCUT2D eigenvalue weighted by molar-refractivity contribution is 7.13. The molecule has 0 bridgehead atoms. The van der Waals surface area contributed by atoms with Gasteiger partial charge in [-0.15, -0.1) is 11.3 Å². The first-order chi connectivity index (χ1) is 8.30. The molecular formula is C13H15NO2S. The lowest BCUT2D eigenvalue weighted by atomic mass is 10.1. The van der Waals surface area contributed by atoms with E-state index in [0.29, 0.717) is 6.54 Å². The number of rotatable bonds is 4. The number of ether oxygens (including phenoxy) is 2. The Bertz CT molecular complexity index is 469. The predicted molar refractivity (Wildman–Crippen MR) is 70.8 cm³/mol. The molecule has 0 atom stereocenters. The number of thiophene rings is 1. The van der Waals surface area contributed by atoms with Gasteiger partial charge in [-0.1, -0.05) is 6.07 Å². The van der Waals surface area contributed by atoms with Crippen LogP contribution in [0.25, 0.3) is 10.4 Å². The van der Waals surface area contributed by atoms with Crippen molar-refractivity contribution in [3.63, 3.8) is 0 Å². The topological polar surface area (TPSA) is 44.5 Å². The van der Waals surface area contributed by atoms with E-state index in [4.69, 9.17) is 15.2 Å². The lowest BCUT2D eigenvalue weighted by Gasteiger charge is -2.13. The summed E-state index contributed by atoms with van der Waals surface area (Å²) >= 11 is 1.69. The van der Waals surface area contributed by atoms with E-state index in [0.717, 1.165) is 22.6 Å². The molecule has 3 nitrogen and oxygen atoms in total. The summed E-state index contributed by atoms with van der Waals surface area (Å²) in [6.45, 7) is 0.429. The Labute approximate surface area is 105 Å². The summed E-state index contributed by atoms with van der Waals surface area (Å²) < 4.78 is 10.7. The van der Waals surface area contributed by atoms with E-state index in [1.165, 1.54) is 4.88 Å². The van der Waals surface area contributed by atoms with Crippen molar-refractivity contribution >= 4 is 11.3 Å². The van der Waals surface area contributed by atoms with Crippen LogP contribution in [-0.4, -0.2) is 14.2 Å². The van der Waals surface area contributed by atoms with Gasteiger partial charge in [0.1, 0.15) is 0 Å². The zero-order valence-electron chi connectivity index (χ0n) is 9.90. The lowest BCUT2D eigenvalue weighted by Crippen LogP contribution is -2.02. The second-order valence-corrected chi connectivity index (χ2v) is 4.50. The first-order valence-corrected chi connectivity index (χ1v) is 6.17. The van der Waals surface area contributed by atoms with Crippen molar-refractivity contribution in [3.8, 4) is 21.9 Å². The Morgan fingerprint density at radius 1 is 1.24 bits per heavy atom. The Kier molecular flexibility index (Phi) is 3.66. The van der Waals surface area contributed by atoms with Gasteiger partial charge in [-0.2, -0.15) is 0 Å². The Balaban J connectivity index is 2.56. The van der Waals surface area contributed by atoms with E-state index in [1.54, 1.807) is 25.6 Å². The van der Waals surface area contributed by atoms with Crippen molar-refractivity contribution in [1.29, 1.82) is 0 Å². The van der Waals surface area contributed by atoms with E-state index >= 15 is 0 Å². The van der Waals surface area contributed by atoms with Gasteiger partial charge in [-0.3, -0.25) is 0 Å². The third-order valence-corrected chi connectivity index (χ3v) is 3.50. The third kappa shape index (κ3) is 2.28. The standard InChI is InChI=1S/C13H15NO2S/c1-15-11-7-9(12-4-3-5-17-12)6-10(8-14)13(11)16-2/h3-7H,8,14H2,1-2H3. The lowest BCUT2D eigenvalue weighted by molar-refractivity contribution is 0.352. The minimum atomic E-state index is 0.429. The van der Waals surface area contributed by atoms with Gasteiger partial charge in [-0.05, 0) is 29.1 Å². The fraction of sp³-hybridized carbons (Fsp3) is 0.231. The largest absolute Gasteiger partial charge is 0.493 e. The maximum Gasteiger partial charge on any atom is 0.165 e. The molecule has 0 saturated carbocycles. The molecule has 1 aromatic carbocycles. The smallest absolute Gasteiger partial charge is 0.165 e. The van der Waals surface area contributed by atoms with Gasteiger partial charge in [-0.25, -0.2) is 0 Å². The van der Waals surface area contributed by atoms with Crippen molar-refractivity contribution in [2.24, 2.45) is 5.73 Å². The van der Waals surface area contributed by atoms with Crippen LogP contribution in [0.15, 0.2) is 29.6 Å². The van der Waals surface area contributed by atoms with Gasteiger partial charge in [0, 0.05) is 17.0 Å². The second-order valence-electron chi connectivity index (χ2n) is 3.55. The summed E-state index contributed by atoms with van der Waals surface area (Å²) in [5, 5.41) is 2.05. The number of hydrogen-bond acceptors (Lipinski definition) is 4. The third-order valence-electron chi connectivity index (χ3n) is 2.58. The highest BCUT2D eigenvalue weighted by atomic mass is 32.1. The number of benzene rings is 1. The van der Waals surface area contributed by atoms with Crippen LogP contribution in [0.4, 0.5) is 0 Å². The summed E-state index contributed by atoms with van der Waals surface area (Å²) in [5.74, 6) is 1.44. The van der Waals surface area contributed by atoms with Crippen LogP contribution in [-0.2, 0) is 6.54 Å². The molecule has 1 heterocycles. The van der Waals surface area contributed by atoms with Crippen molar-refractivity contribution in [1.82, 2.24) is 0 Å². The van der Waals surface area contributed by atoms with Crippen molar-refractivity contribution in [3.05, 3.63) is 35.2 Å². The second kappa shape index (κ2) is 5.21. The van der Waals surface area contributed by atoms with Gasteiger partial charge in [0.15, 0.2) is 11.5 Å². The van der Waals surface area contributed by atoms with Crippen LogP contribution in [0, 0.1) is 0 Å². The monoisotopic (exact) mass is 249 g/mol. The summed E-state index contributed by atoms with van der Waals surface area (Å²) in [6, 6.07) is 8.13. The van der Waals surface area contributed by atoms with Crippen LogP contribution < -0.4 is 15.2 Å². The summed E-state index contributed by atoms with van der Waals surface area (Å²) in [7, 11) is 3.26. The number of hydrogen-bond donors (Lipinski definition) is 1. The number of methoxy groups -OCH3 is 2. The fourth-order valence-electron chi connectivity index (χ4n) is 1.78. The van der Waals surface area contributed by atoms with E-state index in [-0.39, 0.29) is 0 Å². The van der Waals surface area contributed by atoms with Gasteiger partial charge in [0.2, 0.25) is 0 Å². The molecule has 2 rings (SSSR count). The maximum atomic E-state index is 5.74. The highest BCUT2D eigenvalue weighted by Crippen LogP contribution is 2.37. The molecule has 17 heavy (non-hydrogen) atoms. The molecule has 0 amide bonds. The molecule has 0 fully saturated rings. The van der Waals surface area contributed by atoms with Crippen molar-refractivity contribution in [2.75, 3.05) is 14.2 Å². The maximum absolute atomic E-state index is 5.74. The Morgan fingerprint density at radius 3 is 2.59 bits per heavy atom. The van der Waals surface area contributed by atoms with Crippen molar-refractivity contribution < 1.29 is 9.47 Å². The molecule has 4 heteroatoms. The summed E-state index contributed by atoms with van der Waals surface area (Å²) in [6.07, 6.45) is 0. The minimum absolute atomic E-state index is 0.429. The molecule has 0 saturated heterocycles. The van der Waals surface area contributed by atoms with Gasteiger partial charge < -0.3 is 15.2 Å². The van der Waals surface area contributed by atoms with E-state index in [2.05, 4.69) is 6.07 Å². The van der Waals surface area contributed by atoms with Gasteiger partial charge in [0.05, 0.1) is 14.2 Å². The van der Waals surface area contributed by atoms with E-state index in [1.807, 2.05) is 23.6 Å². The van der Waals surface area contributed by atoms with Crippen LogP contribution in [0.5, 0.6) is 11.5 Å². The molecule has 2 N–H and O–H groups in total. The molecule has 0 aliphatic carbocycles. The van der Waals surface area contributed by atoms with Gasteiger partial charge >= 0.3 is 0 Å².